The lowest BCUT2D eigenvalue weighted by Gasteiger charge is -2.27. The molecule has 0 aliphatic heterocycles. The maximum absolute atomic E-state index is 14.0. The first-order chi connectivity index (χ1) is 18.7. The second-order valence-electron chi connectivity index (χ2n) is 10.6. The average molecular weight is 546 g/mol. The van der Waals surface area contributed by atoms with Gasteiger partial charge in [-0.05, 0) is 73.6 Å². The fourth-order valence-electron chi connectivity index (χ4n) is 5.32. The summed E-state index contributed by atoms with van der Waals surface area (Å²) in [4.78, 5) is 45.0. The Bertz CT molecular complexity index is 1420. The van der Waals surface area contributed by atoms with Gasteiger partial charge in [-0.2, -0.15) is 13.2 Å². The van der Waals surface area contributed by atoms with Gasteiger partial charge in [-0.15, -0.1) is 0 Å². The van der Waals surface area contributed by atoms with Gasteiger partial charge >= 0.3 is 6.18 Å². The zero-order valence-electron chi connectivity index (χ0n) is 20.6. The van der Waals surface area contributed by atoms with Crippen LogP contribution in [0.25, 0.3) is 0 Å². The predicted molar refractivity (Wildman–Crippen MR) is 129 cm³/mol. The molecule has 3 fully saturated rings. The van der Waals surface area contributed by atoms with Crippen molar-refractivity contribution in [3.63, 3.8) is 0 Å². The highest BCUT2D eigenvalue weighted by Gasteiger charge is 2.49. The SMILES string of the molecule is O=C(N[C@H](C(=O)Nc1cn([C@H](c2ccc[nH]c2=O)C(F)(F)F)cn1)C(C1CC1)C1CC1)c1nonc1C1CC1. The highest BCUT2D eigenvalue weighted by Crippen LogP contribution is 2.51. The van der Waals surface area contributed by atoms with Crippen molar-refractivity contribution >= 4 is 17.6 Å². The van der Waals surface area contributed by atoms with Crippen molar-refractivity contribution in [2.45, 2.75) is 62.7 Å². The summed E-state index contributed by atoms with van der Waals surface area (Å²) in [6.07, 6.45) is 3.88. The minimum atomic E-state index is -4.80. The Morgan fingerprint density at radius 1 is 1.10 bits per heavy atom. The number of carbonyl (C=O) groups excluding carboxylic acids is 2. The summed E-state index contributed by atoms with van der Waals surface area (Å²) < 4.78 is 47.5. The Morgan fingerprint density at radius 3 is 2.44 bits per heavy atom. The van der Waals surface area contributed by atoms with E-state index in [1.807, 2.05) is 0 Å². The number of imidazole rings is 1. The molecule has 2 amide bonds. The van der Waals surface area contributed by atoms with E-state index in [0.717, 1.165) is 61.7 Å². The molecule has 3 aliphatic rings. The van der Waals surface area contributed by atoms with Crippen LogP contribution in [0, 0.1) is 17.8 Å². The monoisotopic (exact) mass is 545 g/mol. The summed E-state index contributed by atoms with van der Waals surface area (Å²) in [7, 11) is 0. The second kappa shape index (κ2) is 9.65. The Kier molecular flexibility index (Phi) is 6.26. The van der Waals surface area contributed by atoms with Gasteiger partial charge in [0.1, 0.15) is 11.7 Å². The molecule has 3 N–H and O–H groups in total. The Balaban J connectivity index is 1.25. The van der Waals surface area contributed by atoms with E-state index in [9.17, 15) is 27.6 Å². The molecule has 0 radical (unpaired) electrons. The molecule has 6 rings (SSSR count). The van der Waals surface area contributed by atoms with Gasteiger partial charge in [-0.25, -0.2) is 9.61 Å². The molecule has 0 bridgehead atoms. The molecule has 0 unspecified atom stereocenters. The maximum atomic E-state index is 14.0. The number of H-pyrrole nitrogens is 1. The van der Waals surface area contributed by atoms with Crippen LogP contribution in [0.3, 0.4) is 0 Å². The summed E-state index contributed by atoms with van der Waals surface area (Å²) in [5.74, 6) is -0.764. The fraction of sp³-hybridized carbons (Fsp3) is 0.520. The number of hydrogen-bond donors (Lipinski definition) is 3. The number of nitrogens with zero attached hydrogens (tertiary/aromatic N) is 4. The molecule has 3 heterocycles. The Labute approximate surface area is 219 Å². The summed E-state index contributed by atoms with van der Waals surface area (Å²) in [6, 6.07) is -0.855. The van der Waals surface area contributed by atoms with E-state index in [0.29, 0.717) is 5.69 Å². The second-order valence-corrected chi connectivity index (χ2v) is 10.6. The van der Waals surface area contributed by atoms with Crippen LogP contribution in [0.1, 0.15) is 72.2 Å². The Hall–Kier alpha value is -3.97. The highest BCUT2D eigenvalue weighted by molar-refractivity contribution is 6.00. The number of anilines is 1. The third kappa shape index (κ3) is 5.32. The first-order valence-electron chi connectivity index (χ1n) is 12.9. The van der Waals surface area contributed by atoms with Crippen molar-refractivity contribution in [2.24, 2.45) is 17.8 Å². The van der Waals surface area contributed by atoms with Crippen LogP contribution < -0.4 is 16.2 Å². The summed E-state index contributed by atoms with van der Waals surface area (Å²) in [5, 5.41) is 13.0. The lowest BCUT2D eigenvalue weighted by atomic mass is 9.88. The first kappa shape index (κ1) is 25.3. The topological polar surface area (TPSA) is 148 Å². The van der Waals surface area contributed by atoms with E-state index in [1.54, 1.807) is 0 Å². The quantitative estimate of drug-likeness (QED) is 0.355. The number of alkyl halides is 3. The number of nitrogens with one attached hydrogen (secondary N) is 3. The van der Waals surface area contributed by atoms with Crippen molar-refractivity contribution < 1.29 is 27.4 Å². The van der Waals surface area contributed by atoms with Crippen molar-refractivity contribution in [1.29, 1.82) is 0 Å². The van der Waals surface area contributed by atoms with Gasteiger partial charge in [0.05, 0.1) is 6.33 Å². The number of rotatable bonds is 10. The lowest BCUT2D eigenvalue weighted by Crippen LogP contribution is -2.50. The lowest BCUT2D eigenvalue weighted by molar-refractivity contribution is -0.157. The van der Waals surface area contributed by atoms with Crippen molar-refractivity contribution in [3.8, 4) is 0 Å². The van der Waals surface area contributed by atoms with Gasteiger partial charge in [0, 0.05) is 23.9 Å². The number of hydrogen-bond acceptors (Lipinski definition) is 7. The van der Waals surface area contributed by atoms with Crippen molar-refractivity contribution in [2.75, 3.05) is 5.32 Å². The third-order valence-corrected chi connectivity index (χ3v) is 7.58. The summed E-state index contributed by atoms with van der Waals surface area (Å²) in [5.41, 5.74) is -0.882. The van der Waals surface area contributed by atoms with Gasteiger partial charge < -0.3 is 20.2 Å². The van der Waals surface area contributed by atoms with E-state index < -0.39 is 41.2 Å². The zero-order chi connectivity index (χ0) is 27.3. The highest BCUT2D eigenvalue weighted by atomic mass is 19.4. The predicted octanol–water partition coefficient (Wildman–Crippen LogP) is 3.16. The molecule has 39 heavy (non-hydrogen) atoms. The number of aromatic amines is 1. The van der Waals surface area contributed by atoms with Crippen LogP contribution in [0.2, 0.25) is 0 Å². The molecule has 2 atom stereocenters. The van der Waals surface area contributed by atoms with E-state index in [-0.39, 0.29) is 35.2 Å². The molecule has 3 aliphatic carbocycles. The molecule has 0 saturated heterocycles. The van der Waals surface area contributed by atoms with Crippen LogP contribution in [0.4, 0.5) is 19.0 Å². The molecule has 0 spiro atoms. The van der Waals surface area contributed by atoms with Crippen molar-refractivity contribution in [1.82, 2.24) is 30.2 Å². The molecule has 3 aromatic heterocycles. The number of amides is 2. The standard InChI is InChI=1S/C25H26F3N7O4/c26-25(27,28)21(15-2-1-9-29-22(15)36)35-10-16(30-11-35)31-23(37)19(17(12-3-4-12)13-5-6-13)32-24(38)20-18(14-7-8-14)33-39-34-20/h1-2,9-14,17,19,21H,3-8H2,(H,29,36)(H,31,37)(H,32,38)/t19-,21+/m0/s1. The van der Waals surface area contributed by atoms with E-state index in [2.05, 4.69) is 30.9 Å². The van der Waals surface area contributed by atoms with Crippen LogP contribution in [0.5, 0.6) is 0 Å². The Morgan fingerprint density at radius 2 is 1.82 bits per heavy atom. The van der Waals surface area contributed by atoms with Crippen LogP contribution in [0.15, 0.2) is 40.3 Å². The van der Waals surface area contributed by atoms with Gasteiger partial charge in [0.15, 0.2) is 17.6 Å². The van der Waals surface area contributed by atoms with Crippen LogP contribution >= 0.6 is 0 Å². The molecule has 206 valence electrons. The molecule has 0 aromatic carbocycles. The fourth-order valence-corrected chi connectivity index (χ4v) is 5.32. The van der Waals surface area contributed by atoms with Gasteiger partial charge in [0.25, 0.3) is 11.5 Å². The summed E-state index contributed by atoms with van der Waals surface area (Å²) in [6.45, 7) is 0. The molecule has 14 heteroatoms. The van der Waals surface area contributed by atoms with E-state index >= 15 is 0 Å². The largest absolute Gasteiger partial charge is 0.413 e. The minimum absolute atomic E-state index is 0.0472. The number of pyridine rings is 1. The smallest absolute Gasteiger partial charge is 0.338 e. The normalized spacial score (nSPS) is 19.1. The minimum Gasteiger partial charge on any atom is -0.338 e. The van der Waals surface area contributed by atoms with Gasteiger partial charge in [-0.3, -0.25) is 14.4 Å². The molecule has 3 saturated carbocycles. The van der Waals surface area contributed by atoms with Crippen LogP contribution in [-0.4, -0.2) is 48.9 Å². The van der Waals surface area contributed by atoms with Crippen LogP contribution in [-0.2, 0) is 4.79 Å². The molecular formula is C25H26F3N7O4. The van der Waals surface area contributed by atoms with Gasteiger partial charge in [0.2, 0.25) is 5.91 Å². The van der Waals surface area contributed by atoms with Crippen molar-refractivity contribution in [3.05, 3.63) is 58.2 Å². The number of carbonyl (C=O) groups is 2. The maximum Gasteiger partial charge on any atom is 0.413 e. The molecule has 11 nitrogen and oxygen atoms in total. The van der Waals surface area contributed by atoms with E-state index in [1.165, 1.54) is 12.3 Å². The number of halogens is 3. The third-order valence-electron chi connectivity index (χ3n) is 7.58. The van der Waals surface area contributed by atoms with E-state index in [4.69, 9.17) is 4.63 Å². The average Bonchev–Trinajstić information content (AvgIpc) is 3.80. The molecular weight excluding hydrogens is 519 g/mol. The summed E-state index contributed by atoms with van der Waals surface area (Å²) >= 11 is 0. The molecule has 3 aromatic rings. The zero-order valence-corrected chi connectivity index (χ0v) is 20.6. The number of aromatic nitrogens is 5. The first-order valence-corrected chi connectivity index (χ1v) is 12.9. The van der Waals surface area contributed by atoms with Gasteiger partial charge in [-0.1, -0.05) is 5.16 Å².